The topological polar surface area (TPSA) is 43.6 Å². The van der Waals surface area contributed by atoms with Crippen LogP contribution in [0, 0.1) is 5.82 Å². The van der Waals surface area contributed by atoms with Crippen molar-refractivity contribution in [3.63, 3.8) is 0 Å². The van der Waals surface area contributed by atoms with Gasteiger partial charge in [0.2, 0.25) is 0 Å². The number of hydrogen-bond donors (Lipinski definition) is 0. The van der Waals surface area contributed by atoms with Crippen LogP contribution in [0.25, 0.3) is 11.3 Å². The van der Waals surface area contributed by atoms with E-state index in [1.54, 1.807) is 43.5 Å². The first-order chi connectivity index (χ1) is 13.6. The normalized spacial score (nSPS) is 11.6. The molecule has 3 rings (SSSR count). The molecule has 0 N–H and O–H groups in total. The average molecular weight is 399 g/mol. The van der Waals surface area contributed by atoms with E-state index in [0.717, 1.165) is 29.0 Å². The van der Waals surface area contributed by atoms with Crippen molar-refractivity contribution in [2.75, 3.05) is 7.11 Å². The predicted molar refractivity (Wildman–Crippen MR) is 110 cm³/mol. The monoisotopic (exact) mass is 398 g/mol. The lowest BCUT2D eigenvalue weighted by molar-refractivity contribution is 0.0998. The van der Waals surface area contributed by atoms with Crippen molar-refractivity contribution < 1.29 is 13.9 Å². The van der Waals surface area contributed by atoms with Crippen LogP contribution in [-0.2, 0) is 13.0 Å². The maximum Gasteiger partial charge on any atom is 0.279 e. The van der Waals surface area contributed by atoms with Gasteiger partial charge in [0.15, 0.2) is 4.80 Å². The first-order valence-electron chi connectivity index (χ1n) is 9.28. The third-order valence-corrected chi connectivity index (χ3v) is 5.56. The van der Waals surface area contributed by atoms with Gasteiger partial charge in [-0.1, -0.05) is 13.3 Å². The van der Waals surface area contributed by atoms with Crippen molar-refractivity contribution in [2.45, 2.75) is 33.2 Å². The van der Waals surface area contributed by atoms with E-state index in [2.05, 4.69) is 11.9 Å². The molecule has 0 saturated carbocycles. The van der Waals surface area contributed by atoms with E-state index in [1.165, 1.54) is 23.5 Å². The first-order valence-corrected chi connectivity index (χ1v) is 10.1. The van der Waals surface area contributed by atoms with Gasteiger partial charge < -0.3 is 9.30 Å². The zero-order valence-corrected chi connectivity index (χ0v) is 17.1. The molecule has 0 aliphatic carbocycles. The van der Waals surface area contributed by atoms with Crippen molar-refractivity contribution in [3.05, 3.63) is 69.6 Å². The molecule has 2 aromatic carbocycles. The molecule has 28 heavy (non-hydrogen) atoms. The van der Waals surface area contributed by atoms with Crippen molar-refractivity contribution in [1.82, 2.24) is 4.57 Å². The van der Waals surface area contributed by atoms with E-state index < -0.39 is 0 Å². The summed E-state index contributed by atoms with van der Waals surface area (Å²) in [5, 5.41) is 0. The van der Waals surface area contributed by atoms with Gasteiger partial charge in [0.1, 0.15) is 11.6 Å². The van der Waals surface area contributed by atoms with Crippen LogP contribution >= 0.6 is 11.3 Å². The number of thiazole rings is 1. The molecule has 1 heterocycles. The fraction of sp³-hybridized carbons (Fsp3) is 0.273. The second-order valence-corrected chi connectivity index (χ2v) is 7.37. The summed E-state index contributed by atoms with van der Waals surface area (Å²) in [5.41, 5.74) is 2.45. The molecule has 146 valence electrons. The number of aryl methyl sites for hydroxylation is 1. The molecule has 6 heteroatoms. The minimum atomic E-state index is -0.292. The quantitative estimate of drug-likeness (QED) is 0.581. The summed E-state index contributed by atoms with van der Waals surface area (Å²) in [7, 11) is 1.59. The Morgan fingerprint density at radius 3 is 2.36 bits per heavy atom. The molecule has 0 unspecified atom stereocenters. The Morgan fingerprint density at radius 2 is 1.79 bits per heavy atom. The highest BCUT2D eigenvalue weighted by molar-refractivity contribution is 7.09. The van der Waals surface area contributed by atoms with Gasteiger partial charge >= 0.3 is 0 Å². The van der Waals surface area contributed by atoms with Crippen LogP contribution in [0.3, 0.4) is 0 Å². The maximum atomic E-state index is 13.4. The smallest absolute Gasteiger partial charge is 0.279 e. The second-order valence-electron chi connectivity index (χ2n) is 6.30. The lowest BCUT2D eigenvalue weighted by Gasteiger charge is -2.09. The Kier molecular flexibility index (Phi) is 6.41. The van der Waals surface area contributed by atoms with Gasteiger partial charge in [-0.15, -0.1) is 11.3 Å². The standard InChI is InChI=1S/C22H23FN2O2S/c1-4-6-19-20(15-7-11-17(23)12-8-15)25(5-2)22(28-19)24-21(26)16-9-13-18(27-3)14-10-16/h7-14H,4-6H2,1-3H3. The van der Waals surface area contributed by atoms with E-state index in [4.69, 9.17) is 4.74 Å². The highest BCUT2D eigenvalue weighted by Crippen LogP contribution is 2.27. The number of methoxy groups -OCH3 is 1. The third kappa shape index (κ3) is 4.22. The summed E-state index contributed by atoms with van der Waals surface area (Å²) in [5.74, 6) is 0.138. The number of carbonyl (C=O) groups is 1. The SMILES string of the molecule is CCCc1sc(=NC(=O)c2ccc(OC)cc2)n(CC)c1-c1ccc(F)cc1. The van der Waals surface area contributed by atoms with Gasteiger partial charge in [-0.05, 0) is 67.4 Å². The van der Waals surface area contributed by atoms with Crippen LogP contribution in [0.1, 0.15) is 35.5 Å². The Labute approximate surface area is 168 Å². The Morgan fingerprint density at radius 1 is 1.11 bits per heavy atom. The highest BCUT2D eigenvalue weighted by Gasteiger charge is 2.15. The van der Waals surface area contributed by atoms with Crippen LogP contribution in [0.5, 0.6) is 5.75 Å². The number of aromatic nitrogens is 1. The molecule has 0 aliphatic heterocycles. The molecule has 0 radical (unpaired) electrons. The lowest BCUT2D eigenvalue weighted by Crippen LogP contribution is -2.17. The fourth-order valence-corrected chi connectivity index (χ4v) is 4.35. The molecular formula is C22H23FN2O2S. The van der Waals surface area contributed by atoms with Gasteiger partial charge in [-0.3, -0.25) is 4.79 Å². The van der Waals surface area contributed by atoms with Crippen molar-refractivity contribution in [1.29, 1.82) is 0 Å². The Hall–Kier alpha value is -2.73. The second kappa shape index (κ2) is 8.97. The molecule has 4 nitrogen and oxygen atoms in total. The molecule has 0 aliphatic rings. The molecule has 3 aromatic rings. The summed E-state index contributed by atoms with van der Waals surface area (Å²) in [6.45, 7) is 4.80. The fourth-order valence-electron chi connectivity index (χ4n) is 3.04. The number of carbonyl (C=O) groups excluding carboxylic acids is 1. The first kappa shape index (κ1) is 20.0. The highest BCUT2D eigenvalue weighted by atomic mass is 32.1. The summed E-state index contributed by atoms with van der Waals surface area (Å²) in [6.07, 6.45) is 1.86. The molecule has 1 aromatic heterocycles. The van der Waals surface area contributed by atoms with E-state index in [9.17, 15) is 9.18 Å². The van der Waals surface area contributed by atoms with E-state index >= 15 is 0 Å². The molecule has 0 bridgehead atoms. The Bertz CT molecular complexity index is 1020. The zero-order chi connectivity index (χ0) is 20.1. The van der Waals surface area contributed by atoms with E-state index in [1.807, 2.05) is 11.5 Å². The summed E-state index contributed by atoms with van der Waals surface area (Å²) in [4.78, 5) is 18.9. The molecule has 0 atom stereocenters. The minimum absolute atomic E-state index is 0.265. The maximum absolute atomic E-state index is 13.4. The van der Waals surface area contributed by atoms with Gasteiger partial charge in [0.05, 0.1) is 12.8 Å². The van der Waals surface area contributed by atoms with Crippen LogP contribution in [0.15, 0.2) is 53.5 Å². The van der Waals surface area contributed by atoms with Crippen molar-refractivity contribution >= 4 is 17.2 Å². The van der Waals surface area contributed by atoms with Gasteiger partial charge in [-0.2, -0.15) is 4.99 Å². The van der Waals surface area contributed by atoms with Gasteiger partial charge in [-0.25, -0.2) is 4.39 Å². The molecule has 0 spiro atoms. The molecule has 0 saturated heterocycles. The molecule has 0 fully saturated rings. The summed E-state index contributed by atoms with van der Waals surface area (Å²) < 4.78 is 20.5. The number of amides is 1. The number of rotatable bonds is 6. The van der Waals surface area contributed by atoms with E-state index in [0.29, 0.717) is 22.7 Å². The number of benzene rings is 2. The number of ether oxygens (including phenoxy) is 1. The van der Waals surface area contributed by atoms with E-state index in [-0.39, 0.29) is 11.7 Å². The Balaban J connectivity index is 2.09. The summed E-state index contributed by atoms with van der Waals surface area (Å²) >= 11 is 1.52. The van der Waals surface area contributed by atoms with Gasteiger partial charge in [0, 0.05) is 17.0 Å². The van der Waals surface area contributed by atoms with Crippen LogP contribution in [0.2, 0.25) is 0 Å². The minimum Gasteiger partial charge on any atom is -0.497 e. The van der Waals surface area contributed by atoms with Crippen LogP contribution in [-0.4, -0.2) is 17.6 Å². The van der Waals surface area contributed by atoms with Crippen LogP contribution < -0.4 is 9.54 Å². The lowest BCUT2D eigenvalue weighted by atomic mass is 10.1. The average Bonchev–Trinajstić information content (AvgIpc) is 3.05. The summed E-state index contributed by atoms with van der Waals surface area (Å²) in [6, 6.07) is 13.4. The molecular weight excluding hydrogens is 375 g/mol. The number of nitrogens with zero attached hydrogens (tertiary/aromatic N) is 2. The van der Waals surface area contributed by atoms with Gasteiger partial charge in [0.25, 0.3) is 5.91 Å². The number of hydrogen-bond acceptors (Lipinski definition) is 3. The zero-order valence-electron chi connectivity index (χ0n) is 16.2. The van der Waals surface area contributed by atoms with Crippen molar-refractivity contribution in [3.8, 4) is 17.0 Å². The largest absolute Gasteiger partial charge is 0.497 e. The molecule has 1 amide bonds. The number of halogens is 1. The third-order valence-electron chi connectivity index (χ3n) is 4.42. The van der Waals surface area contributed by atoms with Crippen molar-refractivity contribution in [2.24, 2.45) is 4.99 Å². The van der Waals surface area contributed by atoms with Crippen LogP contribution in [0.4, 0.5) is 4.39 Å². The predicted octanol–water partition coefficient (Wildman–Crippen LogP) is 5.08.